The molecule has 2 N–H and O–H groups in total. The van der Waals surface area contributed by atoms with Crippen molar-refractivity contribution in [2.45, 2.75) is 33.0 Å². The fourth-order valence-corrected chi connectivity index (χ4v) is 4.65. The third-order valence-corrected chi connectivity index (χ3v) is 6.37. The highest BCUT2D eigenvalue weighted by Gasteiger charge is 2.27. The zero-order valence-corrected chi connectivity index (χ0v) is 22.6. The molecule has 10 heteroatoms. The van der Waals surface area contributed by atoms with Crippen LogP contribution >= 0.6 is 0 Å². The molecule has 1 unspecified atom stereocenters. The Bertz CT molecular complexity index is 1180. The Kier molecular flexibility index (Phi) is 8.75. The van der Waals surface area contributed by atoms with Crippen molar-refractivity contribution in [3.63, 3.8) is 0 Å². The van der Waals surface area contributed by atoms with Gasteiger partial charge in [-0.15, -0.1) is 0 Å². The number of aromatic nitrogens is 3. The van der Waals surface area contributed by atoms with Crippen LogP contribution in [0.2, 0.25) is 0 Å². The number of benzene rings is 1. The first-order valence-electron chi connectivity index (χ1n) is 12.7. The van der Waals surface area contributed by atoms with Crippen molar-refractivity contribution in [3.05, 3.63) is 41.3 Å². The second kappa shape index (κ2) is 12.0. The van der Waals surface area contributed by atoms with Gasteiger partial charge in [-0.3, -0.25) is 0 Å². The summed E-state index contributed by atoms with van der Waals surface area (Å²) in [6.45, 7) is 9.49. The van der Waals surface area contributed by atoms with Crippen LogP contribution in [-0.2, 0) is 4.74 Å². The Morgan fingerprint density at radius 1 is 1.24 bits per heavy atom. The molecule has 0 aliphatic carbocycles. The first-order chi connectivity index (χ1) is 17.8. The van der Waals surface area contributed by atoms with Gasteiger partial charge in [-0.05, 0) is 54.0 Å². The second-order valence-corrected chi connectivity index (χ2v) is 9.79. The Balaban J connectivity index is 1.74. The van der Waals surface area contributed by atoms with E-state index in [9.17, 15) is 5.11 Å². The number of morpholine rings is 1. The molecule has 1 saturated heterocycles. The average molecular weight is 511 g/mol. The number of nitrogens with zero attached hydrogens (tertiary/aromatic N) is 5. The van der Waals surface area contributed by atoms with E-state index in [0.717, 1.165) is 59.3 Å². The first kappa shape index (κ1) is 27.0. The van der Waals surface area contributed by atoms with Gasteiger partial charge in [-0.2, -0.15) is 0 Å². The number of nitrogens with one attached hydrogen (secondary N) is 1. The molecule has 0 saturated carbocycles. The maximum atomic E-state index is 10.0. The fraction of sp³-hybridized carbons (Fsp3) is 0.519. The predicted octanol–water partition coefficient (Wildman–Crippen LogP) is 2.45. The van der Waals surface area contributed by atoms with Crippen LogP contribution in [0.4, 0.5) is 5.82 Å². The van der Waals surface area contributed by atoms with Crippen molar-refractivity contribution in [1.82, 2.24) is 25.3 Å². The first-order valence-corrected chi connectivity index (χ1v) is 12.7. The van der Waals surface area contributed by atoms with Gasteiger partial charge in [0.2, 0.25) is 0 Å². The molecule has 0 bridgehead atoms. The summed E-state index contributed by atoms with van der Waals surface area (Å²) in [5, 5.41) is 17.1. The monoisotopic (exact) mass is 510 g/mol. The fourth-order valence-electron chi connectivity index (χ4n) is 4.65. The van der Waals surface area contributed by atoms with E-state index in [1.807, 2.05) is 38.1 Å². The van der Waals surface area contributed by atoms with Crippen LogP contribution in [0.25, 0.3) is 22.6 Å². The number of likely N-dealkylation sites (N-methyl/N-ethyl adjacent to an activating group) is 2. The van der Waals surface area contributed by atoms with Gasteiger partial charge in [0.15, 0.2) is 5.82 Å². The summed E-state index contributed by atoms with van der Waals surface area (Å²) in [5.41, 5.74) is 4.30. The quantitative estimate of drug-likeness (QED) is 0.422. The maximum absolute atomic E-state index is 10.0. The minimum atomic E-state index is -0.599. The molecule has 0 amide bonds. The van der Waals surface area contributed by atoms with Crippen LogP contribution < -0.4 is 15.0 Å². The van der Waals surface area contributed by atoms with Gasteiger partial charge >= 0.3 is 0 Å². The topological polar surface area (TPSA) is 109 Å². The SMILES string of the molecule is CNCC(O)COc1cccc(-c2nc(-c3c(C)noc3C)c(C)c(N3CCO[C@H](CN(C)C)C3)n2)c1. The molecule has 4 rings (SSSR count). The van der Waals surface area contributed by atoms with E-state index in [1.54, 1.807) is 7.05 Å². The molecule has 3 heterocycles. The molecule has 1 aromatic carbocycles. The van der Waals surface area contributed by atoms with Crippen molar-refractivity contribution in [1.29, 1.82) is 0 Å². The molecule has 0 spiro atoms. The number of ether oxygens (including phenoxy) is 2. The van der Waals surface area contributed by atoms with Crippen LogP contribution in [0.1, 0.15) is 17.0 Å². The largest absolute Gasteiger partial charge is 0.491 e. The Hall–Kier alpha value is -3.05. The standard InChI is InChI=1S/C27H38N6O4/c1-17-25(24-18(2)31-37-19(24)3)29-26(20-8-7-9-22(12-20)36-16-21(34)13-28-4)30-27(17)33-10-11-35-23(15-33)14-32(5)6/h7-9,12,21,23,28,34H,10-11,13-16H2,1-6H3/t21?,23-/m1/s1. The highest BCUT2D eigenvalue weighted by atomic mass is 16.5. The smallest absolute Gasteiger partial charge is 0.162 e. The van der Waals surface area contributed by atoms with Crippen LogP contribution in [0.15, 0.2) is 28.8 Å². The van der Waals surface area contributed by atoms with E-state index < -0.39 is 6.10 Å². The van der Waals surface area contributed by atoms with Gasteiger partial charge in [0.25, 0.3) is 0 Å². The van der Waals surface area contributed by atoms with Crippen molar-refractivity contribution >= 4 is 5.82 Å². The highest BCUT2D eigenvalue weighted by Crippen LogP contribution is 2.35. The predicted molar refractivity (Wildman–Crippen MR) is 143 cm³/mol. The van der Waals surface area contributed by atoms with Crippen molar-refractivity contribution in [3.8, 4) is 28.4 Å². The van der Waals surface area contributed by atoms with Crippen LogP contribution in [0.3, 0.4) is 0 Å². The van der Waals surface area contributed by atoms with Crippen LogP contribution in [0.5, 0.6) is 5.75 Å². The lowest BCUT2D eigenvalue weighted by atomic mass is 10.0. The van der Waals surface area contributed by atoms with E-state index in [2.05, 4.69) is 41.3 Å². The molecule has 1 fully saturated rings. The molecule has 2 atom stereocenters. The third kappa shape index (κ3) is 6.45. The normalized spacial score (nSPS) is 16.9. The number of aliphatic hydroxyl groups is 1. The lowest BCUT2D eigenvalue weighted by Crippen LogP contribution is -2.47. The maximum Gasteiger partial charge on any atom is 0.162 e. The average Bonchev–Trinajstić information content (AvgIpc) is 3.20. The van der Waals surface area contributed by atoms with Crippen molar-refractivity contribution in [2.24, 2.45) is 0 Å². The Labute approximate surface area is 218 Å². The lowest BCUT2D eigenvalue weighted by Gasteiger charge is -2.36. The Morgan fingerprint density at radius 2 is 2.05 bits per heavy atom. The van der Waals surface area contributed by atoms with E-state index in [0.29, 0.717) is 24.7 Å². The third-order valence-electron chi connectivity index (χ3n) is 6.37. The molecule has 200 valence electrons. The number of hydrogen-bond acceptors (Lipinski definition) is 10. The number of anilines is 1. The van der Waals surface area contributed by atoms with Gasteiger partial charge in [0, 0.05) is 37.3 Å². The summed E-state index contributed by atoms with van der Waals surface area (Å²) < 4.78 is 17.4. The summed E-state index contributed by atoms with van der Waals surface area (Å²) in [6.07, 6.45) is -0.511. The molecule has 1 aliphatic rings. The number of aryl methyl sites for hydroxylation is 2. The van der Waals surface area contributed by atoms with Crippen molar-refractivity contribution in [2.75, 3.05) is 65.4 Å². The van der Waals surface area contributed by atoms with Crippen LogP contribution in [0, 0.1) is 20.8 Å². The van der Waals surface area contributed by atoms with Gasteiger partial charge in [0.05, 0.1) is 29.7 Å². The van der Waals surface area contributed by atoms with E-state index in [4.69, 9.17) is 24.0 Å². The minimum Gasteiger partial charge on any atom is -0.491 e. The summed E-state index contributed by atoms with van der Waals surface area (Å²) in [5.74, 6) is 2.84. The van der Waals surface area contributed by atoms with E-state index >= 15 is 0 Å². The molecular formula is C27H38N6O4. The molecular weight excluding hydrogens is 472 g/mol. The van der Waals surface area contributed by atoms with Gasteiger partial charge in [-0.1, -0.05) is 17.3 Å². The van der Waals surface area contributed by atoms with Gasteiger partial charge in [0.1, 0.15) is 30.0 Å². The Morgan fingerprint density at radius 3 is 2.76 bits per heavy atom. The zero-order valence-electron chi connectivity index (χ0n) is 22.6. The summed E-state index contributed by atoms with van der Waals surface area (Å²) in [6, 6.07) is 7.66. The van der Waals surface area contributed by atoms with E-state index in [-0.39, 0.29) is 12.7 Å². The molecule has 10 nitrogen and oxygen atoms in total. The summed E-state index contributed by atoms with van der Waals surface area (Å²) >= 11 is 0. The van der Waals surface area contributed by atoms with Crippen molar-refractivity contribution < 1.29 is 19.1 Å². The summed E-state index contributed by atoms with van der Waals surface area (Å²) in [4.78, 5) is 14.5. The molecule has 1 aliphatic heterocycles. The number of rotatable bonds is 10. The van der Waals surface area contributed by atoms with Crippen LogP contribution in [-0.4, -0.2) is 97.9 Å². The molecule has 2 aromatic heterocycles. The molecule has 3 aromatic rings. The van der Waals surface area contributed by atoms with E-state index in [1.165, 1.54) is 0 Å². The number of hydrogen-bond donors (Lipinski definition) is 2. The molecule has 37 heavy (non-hydrogen) atoms. The molecule has 0 radical (unpaired) electrons. The van der Waals surface area contributed by atoms with Gasteiger partial charge in [-0.25, -0.2) is 9.97 Å². The van der Waals surface area contributed by atoms with Gasteiger partial charge < -0.3 is 34.2 Å². The number of aliphatic hydroxyl groups excluding tert-OH is 1. The minimum absolute atomic E-state index is 0.0878. The lowest BCUT2D eigenvalue weighted by molar-refractivity contribution is 0.0245. The highest BCUT2D eigenvalue weighted by molar-refractivity contribution is 5.75. The zero-order chi connectivity index (χ0) is 26.5. The summed E-state index contributed by atoms with van der Waals surface area (Å²) in [7, 11) is 5.90. The second-order valence-electron chi connectivity index (χ2n) is 9.79.